The van der Waals surface area contributed by atoms with E-state index in [0.29, 0.717) is 11.3 Å². The van der Waals surface area contributed by atoms with Crippen LogP contribution in [0.1, 0.15) is 67.3 Å². The van der Waals surface area contributed by atoms with Gasteiger partial charge in [0.05, 0.1) is 54.3 Å². The summed E-state index contributed by atoms with van der Waals surface area (Å²) in [6.07, 6.45) is 0.709. The molecule has 1 fully saturated rings. The number of carbonyl (C=O) groups is 4. The van der Waals surface area contributed by atoms with Crippen molar-refractivity contribution >= 4 is 62.6 Å². The highest BCUT2D eigenvalue weighted by molar-refractivity contribution is 7.23. The number of aryl methyl sites for hydroxylation is 1. The molecule has 16 nitrogen and oxygen atoms in total. The Labute approximate surface area is 443 Å². The Hall–Kier alpha value is -7.48. The number of likely N-dealkylation sites (tertiary alicyclic amines) is 1. The summed E-state index contributed by atoms with van der Waals surface area (Å²) in [5.41, 5.74) is 10.3. The van der Waals surface area contributed by atoms with E-state index in [-0.39, 0.29) is 69.4 Å². The van der Waals surface area contributed by atoms with Gasteiger partial charge < -0.3 is 45.1 Å². The number of β-amino-alcohol motifs (C(OH)–C–C–N with tert-alkyl or cyclic N) is 1. The molecule has 5 aromatic carbocycles. The summed E-state index contributed by atoms with van der Waals surface area (Å²) in [5, 5.41) is 41.6. The molecule has 3 heterocycles. The van der Waals surface area contributed by atoms with E-state index in [4.69, 9.17) is 14.2 Å². The van der Waals surface area contributed by atoms with Gasteiger partial charge >= 0.3 is 0 Å². The molecule has 75 heavy (non-hydrogen) atoms. The van der Waals surface area contributed by atoms with E-state index in [9.17, 15) is 34.5 Å². The van der Waals surface area contributed by atoms with Gasteiger partial charge in [-0.3, -0.25) is 19.2 Å². The maximum atomic E-state index is 14.1. The van der Waals surface area contributed by atoms with Gasteiger partial charge in [-0.25, -0.2) is 10.4 Å². The maximum absolute atomic E-state index is 14.1. The molecule has 0 bridgehead atoms. The van der Waals surface area contributed by atoms with Gasteiger partial charge in [-0.1, -0.05) is 57.2 Å². The number of benzene rings is 5. The summed E-state index contributed by atoms with van der Waals surface area (Å²) in [6.45, 7) is 9.75. The van der Waals surface area contributed by atoms with Crippen molar-refractivity contribution < 1.29 is 48.7 Å². The molecule has 0 radical (unpaired) electrons. The monoisotopic (exact) mass is 1050 g/mol. The number of aliphatic hydroxyl groups is 1. The number of amides is 4. The fraction of sp³-hybridized carbons (Fsp3) is 0.298. The first-order chi connectivity index (χ1) is 36.0. The molecule has 6 N–H and O–H groups in total. The summed E-state index contributed by atoms with van der Waals surface area (Å²) in [6, 6.07) is 32.2. The molecule has 4 unspecified atom stereocenters. The lowest BCUT2D eigenvalue weighted by molar-refractivity contribution is -0.144. The van der Waals surface area contributed by atoms with E-state index in [1.54, 1.807) is 72.0 Å². The number of thiophene rings is 1. The molecule has 8 rings (SSSR count). The average molecular weight is 1050 g/mol. The van der Waals surface area contributed by atoms with Gasteiger partial charge in [0.1, 0.15) is 42.5 Å². The predicted molar refractivity (Wildman–Crippen MR) is 291 cm³/mol. The summed E-state index contributed by atoms with van der Waals surface area (Å²) in [7, 11) is 0. The van der Waals surface area contributed by atoms with Crippen LogP contribution in [-0.4, -0.2) is 113 Å². The number of rotatable bonds is 20. The lowest BCUT2D eigenvalue weighted by atomic mass is 9.85. The number of aromatic nitrogens is 1. The Bertz CT molecular complexity index is 3150. The molecule has 0 spiro atoms. The zero-order chi connectivity index (χ0) is 53.2. The quantitative estimate of drug-likeness (QED) is 0.0241. The first kappa shape index (κ1) is 53.8. The van der Waals surface area contributed by atoms with E-state index in [0.717, 1.165) is 58.9 Å². The number of aromatic hydroxyl groups is 2. The second kappa shape index (κ2) is 24.2. The maximum Gasteiger partial charge on any atom is 0.271 e. The Morgan fingerprint density at radius 1 is 0.827 bits per heavy atom. The van der Waals surface area contributed by atoms with Crippen LogP contribution < -0.4 is 20.8 Å². The van der Waals surface area contributed by atoms with Crippen molar-refractivity contribution in [3.63, 3.8) is 0 Å². The molecule has 1 aliphatic rings. The Morgan fingerprint density at radius 2 is 1.52 bits per heavy atom. The number of nitrogens with one attached hydrogen (secondary N) is 3. The van der Waals surface area contributed by atoms with Crippen molar-refractivity contribution in [2.24, 2.45) is 10.5 Å². The second-order valence-electron chi connectivity index (χ2n) is 19.3. The molecule has 1 saturated heterocycles. The van der Waals surface area contributed by atoms with Gasteiger partial charge in [0, 0.05) is 39.1 Å². The van der Waals surface area contributed by atoms with Crippen LogP contribution in [-0.2, 0) is 23.9 Å². The van der Waals surface area contributed by atoms with Crippen molar-refractivity contribution in [3.8, 4) is 49.3 Å². The number of hydrogen-bond acceptors (Lipinski definition) is 14. The minimum Gasteiger partial charge on any atom is -0.508 e. The minimum absolute atomic E-state index is 0.0376. The van der Waals surface area contributed by atoms with Crippen LogP contribution >= 0.6 is 22.7 Å². The Morgan fingerprint density at radius 3 is 2.24 bits per heavy atom. The highest BCUT2D eigenvalue weighted by atomic mass is 32.1. The largest absolute Gasteiger partial charge is 0.508 e. The molecule has 18 heteroatoms. The fourth-order valence-electron chi connectivity index (χ4n) is 8.71. The second-order valence-corrected chi connectivity index (χ2v) is 21.2. The third-order valence-electron chi connectivity index (χ3n) is 12.6. The van der Waals surface area contributed by atoms with Gasteiger partial charge in [0.2, 0.25) is 17.7 Å². The molecular formula is C57H60N6O10S2. The van der Waals surface area contributed by atoms with Crippen LogP contribution in [0.25, 0.3) is 42.1 Å². The standard InChI is InChI=1S/C57H60N6O10S2/c1-34(37-11-13-38(14-12-37)51-35(2)58-33-74-51)60-55(69)47-28-44(66)31-63(47)56(70)53(57(3,4)5)61-49(67)32-72-24-23-71-25-26-73-45-20-9-36(10-21-45)30-59-62-54(68)41-8-6-7-40(27-41)50-46-22-19-43(65)29-48(46)75-52(50)39-15-17-42(64)18-16-39/h6-22,27,29-30,33-34,44,47,53,64-66H,23-26,28,31-32H2,1-5H3,(H,60,69)(H,61,67)(H,62,68). The van der Waals surface area contributed by atoms with Crippen molar-refractivity contribution in [1.82, 2.24) is 25.9 Å². The van der Waals surface area contributed by atoms with Crippen LogP contribution in [0.3, 0.4) is 0 Å². The molecule has 7 aromatic rings. The zero-order valence-corrected chi connectivity index (χ0v) is 43.9. The summed E-state index contributed by atoms with van der Waals surface area (Å²) >= 11 is 3.08. The van der Waals surface area contributed by atoms with E-state index in [1.165, 1.54) is 22.5 Å². The molecule has 2 aromatic heterocycles. The van der Waals surface area contributed by atoms with Gasteiger partial charge in [-0.2, -0.15) is 5.10 Å². The number of fused-ring (bicyclic) bond motifs is 1. The number of ether oxygens (including phenoxy) is 3. The number of hydrazone groups is 1. The van der Waals surface area contributed by atoms with Crippen LogP contribution in [0.15, 0.2) is 126 Å². The number of aliphatic hydroxyl groups excluding tert-OH is 1. The van der Waals surface area contributed by atoms with E-state index >= 15 is 0 Å². The Kier molecular flexibility index (Phi) is 17.4. The summed E-state index contributed by atoms with van der Waals surface area (Å²) in [4.78, 5) is 61.7. The average Bonchev–Trinajstić information content (AvgIpc) is 4.13. The molecule has 4 amide bonds. The number of phenolic OH excluding ortho intramolecular Hbond substituents is 2. The molecular weight excluding hydrogens is 993 g/mol. The number of carbonyl (C=O) groups excluding carboxylic acids is 4. The van der Waals surface area contributed by atoms with Crippen molar-refractivity contribution in [2.75, 3.05) is 39.6 Å². The number of thiazole rings is 1. The number of nitrogens with zero attached hydrogens (tertiary/aromatic N) is 3. The van der Waals surface area contributed by atoms with E-state index in [1.807, 2.05) is 94.7 Å². The molecule has 1 aliphatic heterocycles. The summed E-state index contributed by atoms with van der Waals surface area (Å²) in [5.74, 6) is -0.834. The SMILES string of the molecule is Cc1ncsc1-c1ccc(C(C)NC(=O)C2CC(O)CN2C(=O)C(NC(=O)COCCOCCOc2ccc(C=NNC(=O)c3cccc(-c4c(-c5ccc(O)cc5)sc5cc(O)ccc45)c3)cc2)C(C)(C)C)cc1. The highest BCUT2D eigenvalue weighted by Crippen LogP contribution is 2.46. The topological polar surface area (TPSA) is 221 Å². The third-order valence-corrected chi connectivity index (χ3v) is 14.8. The zero-order valence-electron chi connectivity index (χ0n) is 42.2. The third kappa shape index (κ3) is 13.6. The van der Waals surface area contributed by atoms with Crippen molar-refractivity contribution in [3.05, 3.63) is 143 Å². The number of hydrogen-bond donors (Lipinski definition) is 6. The van der Waals surface area contributed by atoms with Crippen LogP contribution in [0.5, 0.6) is 17.2 Å². The van der Waals surface area contributed by atoms with Gasteiger partial charge in [-0.05, 0) is 126 Å². The lowest BCUT2D eigenvalue weighted by Crippen LogP contribution is -2.58. The lowest BCUT2D eigenvalue weighted by Gasteiger charge is -2.35. The molecule has 390 valence electrons. The minimum atomic E-state index is -0.995. The van der Waals surface area contributed by atoms with Gasteiger partial charge in [0.25, 0.3) is 5.91 Å². The predicted octanol–water partition coefficient (Wildman–Crippen LogP) is 8.62. The van der Waals surface area contributed by atoms with Crippen molar-refractivity contribution in [2.45, 2.75) is 65.3 Å². The van der Waals surface area contributed by atoms with Crippen LogP contribution in [0, 0.1) is 12.3 Å². The smallest absolute Gasteiger partial charge is 0.271 e. The fourth-order valence-corrected chi connectivity index (χ4v) is 10.8. The van der Waals surface area contributed by atoms with E-state index < -0.39 is 41.3 Å². The normalized spacial score (nSPS) is 15.5. The first-order valence-corrected chi connectivity index (χ1v) is 26.2. The number of phenols is 2. The summed E-state index contributed by atoms with van der Waals surface area (Å²) < 4.78 is 17.9. The molecule has 4 atom stereocenters. The van der Waals surface area contributed by atoms with E-state index in [2.05, 4.69) is 26.1 Å². The van der Waals surface area contributed by atoms with Crippen LogP contribution in [0.4, 0.5) is 0 Å². The van der Waals surface area contributed by atoms with Gasteiger partial charge in [-0.15, -0.1) is 22.7 Å². The molecule has 0 aliphatic carbocycles. The van der Waals surface area contributed by atoms with Gasteiger partial charge in [0.15, 0.2) is 0 Å². The Balaban J connectivity index is 0.740. The van der Waals surface area contributed by atoms with Crippen LogP contribution in [0.2, 0.25) is 0 Å². The first-order valence-electron chi connectivity index (χ1n) is 24.5. The highest BCUT2D eigenvalue weighted by Gasteiger charge is 2.44. The molecule has 0 saturated carbocycles. The van der Waals surface area contributed by atoms with Crippen molar-refractivity contribution in [1.29, 1.82) is 0 Å².